The van der Waals surface area contributed by atoms with Gasteiger partial charge in [0.1, 0.15) is 0 Å². The van der Waals surface area contributed by atoms with Crippen LogP contribution in [0.2, 0.25) is 0 Å². The van der Waals surface area contributed by atoms with E-state index in [9.17, 15) is 18.0 Å². The van der Waals surface area contributed by atoms with Crippen LogP contribution in [0.4, 0.5) is 13.2 Å². The van der Waals surface area contributed by atoms with Crippen molar-refractivity contribution in [3.05, 3.63) is 28.8 Å². The summed E-state index contributed by atoms with van der Waals surface area (Å²) in [6.07, 6.45) is -3.44. The lowest BCUT2D eigenvalue weighted by Gasteiger charge is -2.07. The molecule has 0 aromatic carbocycles. The Bertz CT molecular complexity index is 393. The molecule has 0 aliphatic carbocycles. The van der Waals surface area contributed by atoms with Gasteiger partial charge in [0.15, 0.2) is 0 Å². The highest BCUT2D eigenvalue weighted by Crippen LogP contribution is 2.23. The van der Waals surface area contributed by atoms with Gasteiger partial charge < -0.3 is 5.11 Å². The Labute approximate surface area is 83.6 Å². The Hall–Kier alpha value is -1.59. The van der Waals surface area contributed by atoms with Gasteiger partial charge in [0.2, 0.25) is 5.95 Å². The number of halogens is 3. The predicted octanol–water partition coefficient (Wildman–Crippen LogP) is 2.09. The lowest BCUT2D eigenvalue weighted by Crippen LogP contribution is -2.07. The number of aromatic nitrogens is 1. The fourth-order valence-corrected chi connectivity index (χ4v) is 1.14. The van der Waals surface area contributed by atoms with Gasteiger partial charge in [-0.2, -0.15) is 4.39 Å². The van der Waals surface area contributed by atoms with E-state index in [1.165, 1.54) is 6.92 Å². The summed E-state index contributed by atoms with van der Waals surface area (Å²) in [5.74, 6) is -2.31. The van der Waals surface area contributed by atoms with Crippen molar-refractivity contribution in [2.45, 2.75) is 19.8 Å². The zero-order chi connectivity index (χ0) is 11.6. The number of aryl methyl sites for hydroxylation is 1. The Balaban J connectivity index is 3.17. The molecule has 0 aliphatic heterocycles. The normalized spacial score (nSPS) is 10.7. The van der Waals surface area contributed by atoms with Crippen LogP contribution in [-0.4, -0.2) is 16.1 Å². The first kappa shape index (κ1) is 11.5. The quantitative estimate of drug-likeness (QED) is 0.792. The van der Waals surface area contributed by atoms with Gasteiger partial charge in [0, 0.05) is 16.8 Å². The molecule has 0 fully saturated rings. The number of rotatable bonds is 3. The average Bonchev–Trinajstić information content (AvgIpc) is 2.08. The highest BCUT2D eigenvalue weighted by molar-refractivity contribution is 5.70. The summed E-state index contributed by atoms with van der Waals surface area (Å²) in [7, 11) is 0. The summed E-state index contributed by atoms with van der Waals surface area (Å²) in [6.45, 7) is 1.25. The predicted molar refractivity (Wildman–Crippen MR) is 45.2 cm³/mol. The molecule has 1 N–H and O–H groups in total. The number of carbonyl (C=O) groups is 1. The van der Waals surface area contributed by atoms with Gasteiger partial charge in [-0.3, -0.25) is 4.79 Å². The van der Waals surface area contributed by atoms with E-state index in [1.54, 1.807) is 0 Å². The average molecular weight is 219 g/mol. The van der Waals surface area contributed by atoms with Crippen LogP contribution in [0, 0.1) is 12.9 Å². The molecule has 1 aromatic heterocycles. The number of carboxylic acid groups (broad SMARTS) is 1. The largest absolute Gasteiger partial charge is 0.481 e. The number of pyridine rings is 1. The van der Waals surface area contributed by atoms with Crippen LogP contribution in [0.5, 0.6) is 0 Å². The summed E-state index contributed by atoms with van der Waals surface area (Å²) in [6, 6.07) is 0.844. The van der Waals surface area contributed by atoms with Crippen LogP contribution in [0.1, 0.15) is 23.2 Å². The molecule has 0 amide bonds. The van der Waals surface area contributed by atoms with Crippen LogP contribution in [0.15, 0.2) is 6.07 Å². The number of hydrogen-bond donors (Lipinski definition) is 1. The first-order valence-electron chi connectivity index (χ1n) is 4.07. The van der Waals surface area contributed by atoms with Crippen LogP contribution in [-0.2, 0) is 11.2 Å². The van der Waals surface area contributed by atoms with Gasteiger partial charge in [-0.15, -0.1) is 0 Å². The number of carboxylic acids is 1. The number of nitrogens with zero attached hydrogens (tertiary/aromatic N) is 1. The second-order valence-corrected chi connectivity index (χ2v) is 2.98. The van der Waals surface area contributed by atoms with Crippen molar-refractivity contribution in [1.82, 2.24) is 4.98 Å². The van der Waals surface area contributed by atoms with E-state index in [1.807, 2.05) is 0 Å². The summed E-state index contributed by atoms with van der Waals surface area (Å²) in [5, 5.41) is 8.41. The number of hydrogen-bond acceptors (Lipinski definition) is 2. The van der Waals surface area contributed by atoms with Crippen molar-refractivity contribution in [2.24, 2.45) is 0 Å². The zero-order valence-electron chi connectivity index (χ0n) is 7.80. The molecular weight excluding hydrogens is 211 g/mol. The Morgan fingerprint density at radius 1 is 1.60 bits per heavy atom. The molecule has 82 valence electrons. The fraction of sp³-hybridized carbons (Fsp3) is 0.333. The number of aliphatic carboxylic acids is 1. The lowest BCUT2D eigenvalue weighted by molar-refractivity contribution is -0.136. The van der Waals surface area contributed by atoms with Gasteiger partial charge in [-0.05, 0) is 13.0 Å². The Morgan fingerprint density at radius 3 is 2.67 bits per heavy atom. The minimum absolute atomic E-state index is 0.128. The molecule has 1 rings (SSSR count). The van der Waals surface area contributed by atoms with Crippen LogP contribution in [0.3, 0.4) is 0 Å². The van der Waals surface area contributed by atoms with E-state index in [0.717, 1.165) is 6.07 Å². The molecule has 6 heteroatoms. The lowest BCUT2D eigenvalue weighted by atomic mass is 10.1. The summed E-state index contributed by atoms with van der Waals surface area (Å²) in [4.78, 5) is 13.5. The molecule has 0 radical (unpaired) electrons. The topological polar surface area (TPSA) is 50.2 Å². The van der Waals surface area contributed by atoms with E-state index in [4.69, 9.17) is 5.11 Å². The van der Waals surface area contributed by atoms with E-state index in [2.05, 4.69) is 4.98 Å². The summed E-state index contributed by atoms with van der Waals surface area (Å²) < 4.78 is 37.8. The Morgan fingerprint density at radius 2 is 2.20 bits per heavy atom. The van der Waals surface area contributed by atoms with Crippen molar-refractivity contribution in [1.29, 1.82) is 0 Å². The standard InChI is InChI=1S/C9H8F3NO2/c1-4-6(8(10)11)2-5(3-7(14)15)9(12)13-4/h2,8H,3H2,1H3,(H,14,15). The first-order chi connectivity index (χ1) is 6.91. The molecule has 0 atom stereocenters. The van der Waals surface area contributed by atoms with E-state index >= 15 is 0 Å². The van der Waals surface area contributed by atoms with E-state index < -0.39 is 30.3 Å². The second-order valence-electron chi connectivity index (χ2n) is 2.98. The van der Waals surface area contributed by atoms with Gasteiger partial charge in [0.25, 0.3) is 6.43 Å². The van der Waals surface area contributed by atoms with E-state index in [-0.39, 0.29) is 11.3 Å². The molecule has 1 aromatic rings. The van der Waals surface area contributed by atoms with Crippen molar-refractivity contribution < 1.29 is 23.1 Å². The van der Waals surface area contributed by atoms with Crippen LogP contribution >= 0.6 is 0 Å². The van der Waals surface area contributed by atoms with Crippen molar-refractivity contribution in [2.75, 3.05) is 0 Å². The highest BCUT2D eigenvalue weighted by atomic mass is 19.3. The molecule has 0 saturated carbocycles. The van der Waals surface area contributed by atoms with Gasteiger partial charge in [-0.1, -0.05) is 0 Å². The van der Waals surface area contributed by atoms with Gasteiger partial charge >= 0.3 is 5.97 Å². The SMILES string of the molecule is Cc1nc(F)c(CC(=O)O)cc1C(F)F. The smallest absolute Gasteiger partial charge is 0.307 e. The third kappa shape index (κ3) is 2.68. The molecule has 0 bridgehead atoms. The summed E-state index contributed by atoms with van der Waals surface area (Å²) >= 11 is 0. The maximum atomic E-state index is 13.0. The first-order valence-corrected chi connectivity index (χ1v) is 4.07. The fourth-order valence-electron chi connectivity index (χ4n) is 1.14. The third-order valence-electron chi connectivity index (χ3n) is 1.86. The minimum Gasteiger partial charge on any atom is -0.481 e. The summed E-state index contributed by atoms with van der Waals surface area (Å²) in [5.41, 5.74) is -0.896. The Kier molecular flexibility index (Phi) is 3.28. The molecule has 0 unspecified atom stereocenters. The van der Waals surface area contributed by atoms with Crippen molar-refractivity contribution in [3.63, 3.8) is 0 Å². The second kappa shape index (κ2) is 4.29. The van der Waals surface area contributed by atoms with Crippen LogP contribution in [0.25, 0.3) is 0 Å². The molecule has 3 nitrogen and oxygen atoms in total. The maximum absolute atomic E-state index is 13.0. The molecule has 0 spiro atoms. The molecule has 15 heavy (non-hydrogen) atoms. The molecule has 0 aliphatic rings. The monoisotopic (exact) mass is 219 g/mol. The third-order valence-corrected chi connectivity index (χ3v) is 1.86. The van der Waals surface area contributed by atoms with Crippen molar-refractivity contribution >= 4 is 5.97 Å². The number of alkyl halides is 2. The van der Waals surface area contributed by atoms with Gasteiger partial charge in [-0.25, -0.2) is 13.8 Å². The molecular formula is C9H8F3NO2. The highest BCUT2D eigenvalue weighted by Gasteiger charge is 2.17. The molecule has 0 saturated heterocycles. The van der Waals surface area contributed by atoms with E-state index in [0.29, 0.717) is 0 Å². The van der Waals surface area contributed by atoms with Crippen LogP contribution < -0.4 is 0 Å². The van der Waals surface area contributed by atoms with Gasteiger partial charge in [0.05, 0.1) is 6.42 Å². The zero-order valence-corrected chi connectivity index (χ0v) is 7.80. The minimum atomic E-state index is -2.79. The van der Waals surface area contributed by atoms with Crippen molar-refractivity contribution in [3.8, 4) is 0 Å². The maximum Gasteiger partial charge on any atom is 0.307 e. The molecule has 1 heterocycles.